The Balaban J connectivity index is 2.31. The van der Waals surface area contributed by atoms with E-state index in [4.69, 9.17) is 0 Å². The molecule has 0 fully saturated rings. The summed E-state index contributed by atoms with van der Waals surface area (Å²) in [5, 5.41) is 2.55. The number of rotatable bonds is 2. The van der Waals surface area contributed by atoms with Crippen LogP contribution in [0.5, 0.6) is 0 Å². The van der Waals surface area contributed by atoms with Gasteiger partial charge in [0.25, 0.3) is 0 Å². The number of aromatic amines is 1. The Morgan fingerprint density at radius 3 is 2.94 bits per heavy atom. The highest BCUT2D eigenvalue weighted by atomic mass is 32.2. The van der Waals surface area contributed by atoms with Crippen LogP contribution in [0.1, 0.15) is 5.69 Å². The molecule has 3 heteroatoms. The summed E-state index contributed by atoms with van der Waals surface area (Å²) in [5.41, 5.74) is 3.44. The third-order valence-electron chi connectivity index (χ3n) is 2.74. The highest BCUT2D eigenvalue weighted by Crippen LogP contribution is 2.25. The lowest BCUT2D eigenvalue weighted by Gasteiger charge is -1.97. The molecule has 1 N–H and O–H groups in total. The van der Waals surface area contributed by atoms with Crippen LogP contribution in [0.25, 0.3) is 21.8 Å². The minimum absolute atomic E-state index is 0.968. The predicted octanol–water partition coefficient (Wildman–Crippen LogP) is 3.58. The van der Waals surface area contributed by atoms with Gasteiger partial charge in [0.05, 0.1) is 17.4 Å². The molecular weight excluding hydrogens is 216 g/mol. The molecule has 0 radical (unpaired) electrons. The summed E-state index contributed by atoms with van der Waals surface area (Å²) < 4.78 is 0. The maximum Gasteiger partial charge on any atom is 0.0651 e. The Kier molecular flexibility index (Phi) is 2.33. The number of nitrogens with one attached hydrogen (secondary N) is 1. The minimum Gasteiger partial charge on any atom is -0.353 e. The summed E-state index contributed by atoms with van der Waals surface area (Å²) in [6.07, 6.45) is 4.03. The van der Waals surface area contributed by atoms with Crippen molar-refractivity contribution in [2.24, 2.45) is 0 Å². The maximum absolute atomic E-state index is 4.44. The molecule has 0 aliphatic carbocycles. The average Bonchev–Trinajstić information content (AvgIpc) is 2.68. The van der Waals surface area contributed by atoms with Gasteiger partial charge in [-0.1, -0.05) is 18.2 Å². The highest BCUT2D eigenvalue weighted by Gasteiger charge is 2.04. The van der Waals surface area contributed by atoms with Gasteiger partial charge >= 0.3 is 0 Å². The lowest BCUT2D eigenvalue weighted by molar-refractivity contribution is 1.19. The van der Waals surface area contributed by atoms with Gasteiger partial charge in [0.2, 0.25) is 0 Å². The van der Waals surface area contributed by atoms with Crippen LogP contribution in [0, 0.1) is 0 Å². The standard InChI is InChI=1S/C13H12N2S/c1-16-8-9-6-11-10-4-2-3-5-12(10)15-13(11)7-14-9/h2-7,15H,8H2,1H3. The van der Waals surface area contributed by atoms with Crippen LogP contribution in [0.3, 0.4) is 0 Å². The quantitative estimate of drug-likeness (QED) is 0.726. The van der Waals surface area contributed by atoms with Gasteiger partial charge in [0, 0.05) is 22.0 Å². The number of aromatic nitrogens is 2. The number of nitrogens with zero attached hydrogens (tertiary/aromatic N) is 1. The van der Waals surface area contributed by atoms with E-state index in [1.54, 1.807) is 11.8 Å². The second-order valence-electron chi connectivity index (χ2n) is 3.82. The SMILES string of the molecule is CSCc1cc2c(cn1)[nH]c1ccccc12. The number of H-pyrrole nitrogens is 1. The molecule has 3 aromatic rings. The second-order valence-corrected chi connectivity index (χ2v) is 4.69. The first-order valence-corrected chi connectivity index (χ1v) is 6.62. The van der Waals surface area contributed by atoms with Crippen LogP contribution < -0.4 is 0 Å². The van der Waals surface area contributed by atoms with Crippen LogP contribution in [0.2, 0.25) is 0 Å². The van der Waals surface area contributed by atoms with Crippen molar-refractivity contribution in [2.45, 2.75) is 5.75 Å². The first kappa shape index (κ1) is 9.73. The number of hydrogen-bond acceptors (Lipinski definition) is 2. The third-order valence-corrected chi connectivity index (χ3v) is 3.32. The summed E-state index contributed by atoms with van der Waals surface area (Å²) >= 11 is 1.80. The van der Waals surface area contributed by atoms with Gasteiger partial charge in [-0.25, -0.2) is 0 Å². The zero-order valence-corrected chi connectivity index (χ0v) is 9.84. The fourth-order valence-corrected chi connectivity index (χ4v) is 2.47. The molecule has 3 rings (SSSR count). The molecule has 1 aromatic carbocycles. The number of thioether (sulfide) groups is 1. The predicted molar refractivity (Wildman–Crippen MR) is 70.8 cm³/mol. The van der Waals surface area contributed by atoms with Crippen molar-refractivity contribution in [1.82, 2.24) is 9.97 Å². The fraction of sp³-hybridized carbons (Fsp3) is 0.154. The Morgan fingerprint density at radius 1 is 1.19 bits per heavy atom. The Hall–Kier alpha value is -1.48. The van der Waals surface area contributed by atoms with E-state index in [-0.39, 0.29) is 0 Å². The average molecular weight is 228 g/mol. The number of hydrogen-bond donors (Lipinski definition) is 1. The normalized spacial score (nSPS) is 11.3. The van der Waals surface area contributed by atoms with E-state index in [0.29, 0.717) is 0 Å². The Morgan fingerprint density at radius 2 is 2.06 bits per heavy atom. The Labute approximate surface area is 98.1 Å². The summed E-state index contributed by atoms with van der Waals surface area (Å²) in [5.74, 6) is 0.968. The molecule has 0 bridgehead atoms. The van der Waals surface area contributed by atoms with E-state index in [1.807, 2.05) is 12.3 Å². The van der Waals surface area contributed by atoms with Crippen LogP contribution in [0.4, 0.5) is 0 Å². The fourth-order valence-electron chi connectivity index (χ4n) is 2.02. The van der Waals surface area contributed by atoms with Crippen molar-refractivity contribution in [2.75, 3.05) is 6.26 Å². The van der Waals surface area contributed by atoms with E-state index in [2.05, 4.69) is 40.5 Å². The van der Waals surface area contributed by atoms with Gasteiger partial charge in [0.15, 0.2) is 0 Å². The second kappa shape index (κ2) is 3.83. The van der Waals surface area contributed by atoms with Crippen LogP contribution in [-0.2, 0) is 5.75 Å². The molecular formula is C13H12N2S. The van der Waals surface area contributed by atoms with Crippen molar-refractivity contribution in [3.05, 3.63) is 42.2 Å². The van der Waals surface area contributed by atoms with Crippen LogP contribution >= 0.6 is 11.8 Å². The Bertz CT molecular complexity index is 643. The molecule has 2 heterocycles. The van der Waals surface area contributed by atoms with E-state index < -0.39 is 0 Å². The largest absolute Gasteiger partial charge is 0.353 e. The topological polar surface area (TPSA) is 28.7 Å². The molecule has 0 aliphatic rings. The molecule has 0 unspecified atom stereocenters. The molecule has 0 saturated carbocycles. The maximum atomic E-state index is 4.44. The first-order valence-electron chi connectivity index (χ1n) is 5.23. The molecule has 2 aromatic heterocycles. The molecule has 0 saturated heterocycles. The minimum atomic E-state index is 0.968. The van der Waals surface area contributed by atoms with Crippen LogP contribution in [0.15, 0.2) is 36.5 Å². The van der Waals surface area contributed by atoms with Gasteiger partial charge in [-0.2, -0.15) is 11.8 Å². The van der Waals surface area contributed by atoms with Crippen molar-refractivity contribution in [3.8, 4) is 0 Å². The van der Waals surface area contributed by atoms with Crippen molar-refractivity contribution >= 4 is 33.6 Å². The number of fused-ring (bicyclic) bond motifs is 3. The summed E-state index contributed by atoms with van der Waals surface area (Å²) in [6.45, 7) is 0. The lowest BCUT2D eigenvalue weighted by atomic mass is 10.2. The van der Waals surface area contributed by atoms with E-state index in [9.17, 15) is 0 Å². The molecule has 0 aliphatic heterocycles. The van der Waals surface area contributed by atoms with E-state index >= 15 is 0 Å². The van der Waals surface area contributed by atoms with Gasteiger partial charge in [-0.05, 0) is 18.4 Å². The van der Waals surface area contributed by atoms with Crippen molar-refractivity contribution < 1.29 is 0 Å². The van der Waals surface area contributed by atoms with E-state index in [1.165, 1.54) is 16.3 Å². The first-order chi connectivity index (χ1) is 7.88. The van der Waals surface area contributed by atoms with E-state index in [0.717, 1.165) is 17.0 Å². The number of pyridine rings is 1. The van der Waals surface area contributed by atoms with Gasteiger partial charge < -0.3 is 4.98 Å². The van der Waals surface area contributed by atoms with Gasteiger partial charge in [-0.3, -0.25) is 4.98 Å². The lowest BCUT2D eigenvalue weighted by Crippen LogP contribution is -1.84. The molecule has 80 valence electrons. The number of benzene rings is 1. The van der Waals surface area contributed by atoms with Crippen molar-refractivity contribution in [1.29, 1.82) is 0 Å². The summed E-state index contributed by atoms with van der Waals surface area (Å²) in [4.78, 5) is 7.82. The molecule has 2 nitrogen and oxygen atoms in total. The molecule has 0 atom stereocenters. The smallest absolute Gasteiger partial charge is 0.0651 e. The molecule has 0 amide bonds. The molecule has 0 spiro atoms. The van der Waals surface area contributed by atoms with Crippen molar-refractivity contribution in [3.63, 3.8) is 0 Å². The highest BCUT2D eigenvalue weighted by molar-refractivity contribution is 7.97. The van der Waals surface area contributed by atoms with Gasteiger partial charge in [-0.15, -0.1) is 0 Å². The van der Waals surface area contributed by atoms with Crippen LogP contribution in [-0.4, -0.2) is 16.2 Å². The van der Waals surface area contributed by atoms with Gasteiger partial charge in [0.1, 0.15) is 0 Å². The zero-order chi connectivity index (χ0) is 11.0. The summed E-state index contributed by atoms with van der Waals surface area (Å²) in [6, 6.07) is 10.6. The monoisotopic (exact) mass is 228 g/mol. The third kappa shape index (κ3) is 1.48. The summed E-state index contributed by atoms with van der Waals surface area (Å²) in [7, 11) is 0. The zero-order valence-electron chi connectivity index (χ0n) is 9.03. The molecule has 16 heavy (non-hydrogen) atoms. The number of para-hydroxylation sites is 1.